The largest absolute Gasteiger partial charge is 0.462 e. The molecular formula is C39H72O5. The molecule has 0 aromatic carbocycles. The number of methoxy groups -OCH3 is 1. The number of esters is 2. The van der Waals surface area contributed by atoms with Crippen LogP contribution >= 0.6 is 0 Å². The summed E-state index contributed by atoms with van der Waals surface area (Å²) in [6.07, 6.45) is 39.1. The van der Waals surface area contributed by atoms with E-state index in [1.807, 2.05) is 6.08 Å². The first-order chi connectivity index (χ1) is 21.6. The lowest BCUT2D eigenvalue weighted by atomic mass is 10.0. The number of unbranched alkanes of at least 4 members (excludes halogenated alkanes) is 18. The van der Waals surface area contributed by atoms with E-state index in [1.54, 1.807) is 7.11 Å². The van der Waals surface area contributed by atoms with Crippen LogP contribution in [0.5, 0.6) is 0 Å². The first-order valence-electron chi connectivity index (χ1n) is 18.8. The van der Waals surface area contributed by atoms with Gasteiger partial charge in [0.1, 0.15) is 12.7 Å². The standard InChI is InChI=1S/C39H72O5/c1-4-6-8-10-12-13-14-15-16-17-18-19-22-26-31-37(44-39(41)34-30-35-42-3)32-27-23-21-24-28-33-38(40)43-36-29-25-20-11-9-7-5-2/h13-14,25,29,37H,4-12,15-24,26-28,30-36H2,1-3H3/b14-13+,29-25+. The minimum atomic E-state index is -0.0916. The Kier molecular flexibility index (Phi) is 34.5. The molecule has 0 fully saturated rings. The molecule has 0 bridgehead atoms. The van der Waals surface area contributed by atoms with Gasteiger partial charge in [0, 0.05) is 26.6 Å². The molecule has 1 atom stereocenters. The SMILES string of the molecule is CCCCCC/C=C/CCCCCCCCC(CCCCCCCC(=O)OC/C=C/CCCCCC)OC(=O)CCCOC. The summed E-state index contributed by atoms with van der Waals surface area (Å²) in [6, 6.07) is 0. The van der Waals surface area contributed by atoms with Crippen LogP contribution in [0, 0.1) is 0 Å². The van der Waals surface area contributed by atoms with Crippen LogP contribution in [0.3, 0.4) is 0 Å². The Morgan fingerprint density at radius 1 is 0.523 bits per heavy atom. The van der Waals surface area contributed by atoms with E-state index >= 15 is 0 Å². The zero-order valence-corrected chi connectivity index (χ0v) is 29.4. The van der Waals surface area contributed by atoms with Crippen molar-refractivity contribution in [3.8, 4) is 0 Å². The predicted octanol–water partition coefficient (Wildman–Crippen LogP) is 11.8. The molecule has 5 nitrogen and oxygen atoms in total. The Labute approximate surface area is 273 Å². The van der Waals surface area contributed by atoms with Crippen LogP contribution in [0.4, 0.5) is 0 Å². The molecule has 0 radical (unpaired) electrons. The highest BCUT2D eigenvalue weighted by Crippen LogP contribution is 2.18. The Balaban J connectivity index is 3.98. The predicted molar refractivity (Wildman–Crippen MR) is 187 cm³/mol. The van der Waals surface area contributed by atoms with Gasteiger partial charge in [0.05, 0.1) is 0 Å². The Morgan fingerprint density at radius 3 is 1.52 bits per heavy atom. The monoisotopic (exact) mass is 621 g/mol. The van der Waals surface area contributed by atoms with E-state index in [0.717, 1.165) is 57.8 Å². The van der Waals surface area contributed by atoms with Crippen molar-refractivity contribution in [3.05, 3.63) is 24.3 Å². The summed E-state index contributed by atoms with van der Waals surface area (Å²) in [5.41, 5.74) is 0. The van der Waals surface area contributed by atoms with Crippen molar-refractivity contribution in [1.82, 2.24) is 0 Å². The maximum atomic E-state index is 12.3. The summed E-state index contributed by atoms with van der Waals surface area (Å²) in [5.74, 6) is -0.179. The molecule has 0 aliphatic rings. The van der Waals surface area contributed by atoms with Crippen LogP contribution in [0.25, 0.3) is 0 Å². The molecule has 44 heavy (non-hydrogen) atoms. The van der Waals surface area contributed by atoms with E-state index in [1.165, 1.54) is 96.3 Å². The molecular weight excluding hydrogens is 548 g/mol. The highest BCUT2D eigenvalue weighted by Gasteiger charge is 2.14. The molecule has 0 aliphatic heterocycles. The van der Waals surface area contributed by atoms with E-state index < -0.39 is 0 Å². The molecule has 0 N–H and O–H groups in total. The third kappa shape index (κ3) is 33.3. The van der Waals surface area contributed by atoms with Crippen LogP contribution in [0.1, 0.15) is 187 Å². The molecule has 0 aliphatic carbocycles. The average Bonchev–Trinajstić information content (AvgIpc) is 3.02. The molecule has 0 saturated heterocycles. The van der Waals surface area contributed by atoms with Gasteiger partial charge < -0.3 is 14.2 Å². The van der Waals surface area contributed by atoms with Gasteiger partial charge in [0.15, 0.2) is 0 Å². The summed E-state index contributed by atoms with van der Waals surface area (Å²) in [6.45, 7) is 5.48. The van der Waals surface area contributed by atoms with E-state index in [0.29, 0.717) is 32.5 Å². The van der Waals surface area contributed by atoms with Crippen molar-refractivity contribution in [3.63, 3.8) is 0 Å². The van der Waals surface area contributed by atoms with Crippen molar-refractivity contribution >= 4 is 11.9 Å². The molecule has 5 heteroatoms. The fourth-order valence-corrected chi connectivity index (χ4v) is 5.39. The van der Waals surface area contributed by atoms with Crippen molar-refractivity contribution < 1.29 is 23.8 Å². The molecule has 0 spiro atoms. The minimum Gasteiger partial charge on any atom is -0.462 e. The smallest absolute Gasteiger partial charge is 0.306 e. The topological polar surface area (TPSA) is 61.8 Å². The lowest BCUT2D eigenvalue weighted by Crippen LogP contribution is -2.18. The van der Waals surface area contributed by atoms with Gasteiger partial charge in [0.2, 0.25) is 0 Å². The zero-order chi connectivity index (χ0) is 32.2. The molecule has 0 rings (SSSR count). The minimum absolute atomic E-state index is 0.0298. The van der Waals surface area contributed by atoms with Crippen LogP contribution in [0.15, 0.2) is 24.3 Å². The fourth-order valence-electron chi connectivity index (χ4n) is 5.39. The van der Waals surface area contributed by atoms with Crippen LogP contribution in [-0.4, -0.2) is 38.4 Å². The number of carbonyl (C=O) groups excluding carboxylic acids is 2. The van der Waals surface area contributed by atoms with Gasteiger partial charge in [-0.3, -0.25) is 9.59 Å². The summed E-state index contributed by atoms with van der Waals surface area (Å²) in [5, 5.41) is 0. The average molecular weight is 621 g/mol. The lowest BCUT2D eigenvalue weighted by Gasteiger charge is -2.18. The van der Waals surface area contributed by atoms with Crippen molar-refractivity contribution in [2.75, 3.05) is 20.3 Å². The second-order valence-corrected chi connectivity index (χ2v) is 12.5. The third-order valence-electron chi connectivity index (χ3n) is 8.20. The van der Waals surface area contributed by atoms with Gasteiger partial charge in [-0.2, -0.15) is 0 Å². The Bertz CT molecular complexity index is 671. The summed E-state index contributed by atoms with van der Waals surface area (Å²) >= 11 is 0. The van der Waals surface area contributed by atoms with Gasteiger partial charge in [-0.25, -0.2) is 0 Å². The van der Waals surface area contributed by atoms with Gasteiger partial charge in [-0.15, -0.1) is 0 Å². The number of rotatable bonds is 34. The second kappa shape index (κ2) is 35.9. The summed E-state index contributed by atoms with van der Waals surface area (Å²) in [4.78, 5) is 24.3. The van der Waals surface area contributed by atoms with Gasteiger partial charge in [-0.05, 0) is 77.0 Å². The number of hydrogen-bond acceptors (Lipinski definition) is 5. The maximum absolute atomic E-state index is 12.3. The first-order valence-corrected chi connectivity index (χ1v) is 18.8. The molecule has 0 aromatic heterocycles. The number of allylic oxidation sites excluding steroid dienone is 3. The molecule has 258 valence electrons. The van der Waals surface area contributed by atoms with Crippen LogP contribution < -0.4 is 0 Å². The van der Waals surface area contributed by atoms with E-state index in [4.69, 9.17) is 14.2 Å². The van der Waals surface area contributed by atoms with E-state index in [-0.39, 0.29) is 18.0 Å². The Morgan fingerprint density at radius 2 is 0.977 bits per heavy atom. The Hall–Kier alpha value is -1.62. The highest BCUT2D eigenvalue weighted by atomic mass is 16.5. The first kappa shape index (κ1) is 42.4. The van der Waals surface area contributed by atoms with Gasteiger partial charge >= 0.3 is 11.9 Å². The van der Waals surface area contributed by atoms with Crippen LogP contribution in [-0.2, 0) is 23.8 Å². The van der Waals surface area contributed by atoms with Crippen molar-refractivity contribution in [2.45, 2.75) is 193 Å². The number of ether oxygens (including phenoxy) is 3. The third-order valence-corrected chi connectivity index (χ3v) is 8.20. The quantitative estimate of drug-likeness (QED) is 0.0407. The summed E-state index contributed by atoms with van der Waals surface area (Å²) < 4.78 is 16.3. The fraction of sp³-hybridized carbons (Fsp3) is 0.846. The van der Waals surface area contributed by atoms with E-state index in [2.05, 4.69) is 32.1 Å². The second-order valence-electron chi connectivity index (χ2n) is 12.5. The molecule has 0 amide bonds. The number of carbonyl (C=O) groups is 2. The van der Waals surface area contributed by atoms with Crippen molar-refractivity contribution in [2.24, 2.45) is 0 Å². The molecule has 1 unspecified atom stereocenters. The van der Waals surface area contributed by atoms with Crippen LogP contribution in [0.2, 0.25) is 0 Å². The van der Waals surface area contributed by atoms with Gasteiger partial charge in [-0.1, -0.05) is 122 Å². The maximum Gasteiger partial charge on any atom is 0.306 e. The molecule has 0 heterocycles. The van der Waals surface area contributed by atoms with E-state index in [9.17, 15) is 9.59 Å². The normalized spacial score (nSPS) is 12.3. The summed E-state index contributed by atoms with van der Waals surface area (Å²) in [7, 11) is 1.66. The van der Waals surface area contributed by atoms with Crippen molar-refractivity contribution in [1.29, 1.82) is 0 Å². The molecule has 0 aromatic rings. The number of hydrogen-bond donors (Lipinski definition) is 0. The molecule has 0 saturated carbocycles. The lowest BCUT2D eigenvalue weighted by molar-refractivity contribution is -0.150. The highest BCUT2D eigenvalue weighted by molar-refractivity contribution is 5.69. The zero-order valence-electron chi connectivity index (χ0n) is 29.4. The van der Waals surface area contributed by atoms with Gasteiger partial charge in [0.25, 0.3) is 0 Å².